The number of ether oxygens (including phenoxy) is 1. The Balaban J connectivity index is 2.63. The summed E-state index contributed by atoms with van der Waals surface area (Å²) in [7, 11) is -3.67. The van der Waals surface area contributed by atoms with Crippen LogP contribution in [0.25, 0.3) is 0 Å². The normalized spacial score (nSPS) is 12.6. The van der Waals surface area contributed by atoms with Crippen molar-refractivity contribution in [3.05, 3.63) is 23.8 Å². The fourth-order valence-electron chi connectivity index (χ4n) is 1.32. The van der Waals surface area contributed by atoms with E-state index in [-0.39, 0.29) is 4.90 Å². The molecule has 8 heteroatoms. The Morgan fingerprint density at radius 2 is 1.95 bits per heavy atom. The van der Waals surface area contributed by atoms with Crippen LogP contribution in [0, 0.1) is 6.92 Å². The van der Waals surface area contributed by atoms with Gasteiger partial charge < -0.3 is 10.5 Å². The lowest BCUT2D eigenvalue weighted by Gasteiger charge is -2.09. The van der Waals surface area contributed by atoms with Crippen LogP contribution in [0.5, 0.6) is 0 Å². The van der Waals surface area contributed by atoms with Gasteiger partial charge in [-0.05, 0) is 30.7 Å². The molecule has 1 aromatic rings. The summed E-state index contributed by atoms with van der Waals surface area (Å²) < 4.78 is 63.3. The van der Waals surface area contributed by atoms with Gasteiger partial charge in [0.25, 0.3) is 0 Å². The average Bonchev–Trinajstić information content (AvgIpc) is 2.27. The molecule has 0 aliphatic carbocycles. The second-order valence-electron chi connectivity index (χ2n) is 4.01. The zero-order chi connectivity index (χ0) is 14.7. The molecule has 0 bridgehead atoms. The number of benzene rings is 1. The predicted molar refractivity (Wildman–Crippen MR) is 64.5 cm³/mol. The largest absolute Gasteiger partial charge is 0.411 e. The van der Waals surface area contributed by atoms with Crippen molar-refractivity contribution in [1.29, 1.82) is 0 Å². The molecule has 0 aromatic heterocycles. The maximum Gasteiger partial charge on any atom is 0.411 e. The number of aryl methyl sites for hydroxylation is 1. The first-order chi connectivity index (χ1) is 8.62. The molecule has 0 atom stereocenters. The third-order valence-electron chi connectivity index (χ3n) is 2.36. The summed E-state index contributed by atoms with van der Waals surface area (Å²) in [5, 5.41) is 0. The van der Waals surface area contributed by atoms with Gasteiger partial charge in [0.2, 0.25) is 0 Å². The van der Waals surface area contributed by atoms with Crippen LogP contribution in [-0.2, 0) is 14.6 Å². The number of alkyl halides is 3. The van der Waals surface area contributed by atoms with E-state index in [1.54, 1.807) is 6.92 Å². The van der Waals surface area contributed by atoms with Crippen molar-refractivity contribution in [2.75, 3.05) is 24.7 Å². The molecule has 108 valence electrons. The van der Waals surface area contributed by atoms with Gasteiger partial charge in [-0.3, -0.25) is 0 Å². The Morgan fingerprint density at radius 3 is 2.47 bits per heavy atom. The molecule has 0 aliphatic rings. The van der Waals surface area contributed by atoms with Crippen LogP contribution >= 0.6 is 0 Å². The van der Waals surface area contributed by atoms with Gasteiger partial charge in [-0.1, -0.05) is 0 Å². The number of nitrogen functional groups attached to an aromatic ring is 1. The van der Waals surface area contributed by atoms with Crippen LogP contribution in [0.15, 0.2) is 23.1 Å². The van der Waals surface area contributed by atoms with Crippen LogP contribution in [0.4, 0.5) is 18.9 Å². The van der Waals surface area contributed by atoms with Crippen molar-refractivity contribution in [3.8, 4) is 0 Å². The highest BCUT2D eigenvalue weighted by atomic mass is 32.2. The van der Waals surface area contributed by atoms with E-state index in [1.165, 1.54) is 18.2 Å². The minimum atomic E-state index is -4.46. The number of hydrogen-bond acceptors (Lipinski definition) is 4. The Bertz CT molecular complexity index is 541. The molecule has 2 N–H and O–H groups in total. The molecule has 0 fully saturated rings. The van der Waals surface area contributed by atoms with Crippen molar-refractivity contribution < 1.29 is 26.3 Å². The van der Waals surface area contributed by atoms with Gasteiger partial charge in [0, 0.05) is 5.69 Å². The standard InChI is InChI=1S/C11H14F3NO3S/c1-8-6-9(2-3-10(8)15)19(16,17)5-4-18-7-11(12,13)14/h2-3,6H,4-5,7,15H2,1H3. The molecule has 0 unspecified atom stereocenters. The van der Waals surface area contributed by atoms with Crippen LogP contribution < -0.4 is 5.73 Å². The van der Waals surface area contributed by atoms with E-state index in [0.717, 1.165) is 0 Å². The first kappa shape index (κ1) is 15.8. The Kier molecular flexibility index (Phi) is 4.81. The van der Waals surface area contributed by atoms with Gasteiger partial charge in [-0.2, -0.15) is 13.2 Å². The molecule has 0 amide bonds. The van der Waals surface area contributed by atoms with Crippen molar-refractivity contribution in [3.63, 3.8) is 0 Å². The lowest BCUT2D eigenvalue weighted by atomic mass is 10.2. The highest BCUT2D eigenvalue weighted by molar-refractivity contribution is 7.91. The van der Waals surface area contributed by atoms with E-state index < -0.39 is 35.0 Å². The van der Waals surface area contributed by atoms with Crippen LogP contribution in [0.2, 0.25) is 0 Å². The number of sulfone groups is 1. The van der Waals surface area contributed by atoms with E-state index in [4.69, 9.17) is 5.73 Å². The molecule has 0 heterocycles. The topological polar surface area (TPSA) is 69.4 Å². The van der Waals surface area contributed by atoms with Gasteiger partial charge in [-0.15, -0.1) is 0 Å². The molecular formula is C11H14F3NO3S. The van der Waals surface area contributed by atoms with Crippen molar-refractivity contribution in [1.82, 2.24) is 0 Å². The SMILES string of the molecule is Cc1cc(S(=O)(=O)CCOCC(F)(F)F)ccc1N. The zero-order valence-electron chi connectivity index (χ0n) is 10.2. The molecule has 1 rings (SSSR count). The van der Waals surface area contributed by atoms with Gasteiger partial charge in [0.15, 0.2) is 9.84 Å². The number of halogens is 3. The summed E-state index contributed by atoms with van der Waals surface area (Å²) in [4.78, 5) is 0.0230. The number of hydrogen-bond donors (Lipinski definition) is 1. The van der Waals surface area contributed by atoms with E-state index in [9.17, 15) is 21.6 Å². The summed E-state index contributed by atoms with van der Waals surface area (Å²) in [5.74, 6) is -0.508. The second kappa shape index (κ2) is 5.79. The van der Waals surface area contributed by atoms with Gasteiger partial charge in [0.05, 0.1) is 17.3 Å². The first-order valence-corrected chi connectivity index (χ1v) is 7.00. The van der Waals surface area contributed by atoms with E-state index in [1.807, 2.05) is 0 Å². The third-order valence-corrected chi connectivity index (χ3v) is 4.04. The summed E-state index contributed by atoms with van der Waals surface area (Å²) in [6, 6.07) is 4.15. The fourth-order valence-corrected chi connectivity index (χ4v) is 2.52. The Morgan fingerprint density at radius 1 is 1.32 bits per heavy atom. The lowest BCUT2D eigenvalue weighted by molar-refractivity contribution is -0.172. The maximum atomic E-state index is 11.8. The smallest absolute Gasteiger partial charge is 0.399 e. The molecule has 19 heavy (non-hydrogen) atoms. The average molecular weight is 297 g/mol. The molecule has 0 radical (unpaired) electrons. The molecular weight excluding hydrogens is 283 g/mol. The summed E-state index contributed by atoms with van der Waals surface area (Å²) in [6.45, 7) is -0.316. The second-order valence-corrected chi connectivity index (χ2v) is 6.11. The molecule has 4 nitrogen and oxygen atoms in total. The lowest BCUT2D eigenvalue weighted by Crippen LogP contribution is -2.20. The maximum absolute atomic E-state index is 11.8. The summed E-state index contributed by atoms with van der Waals surface area (Å²) in [6.07, 6.45) is -4.46. The van der Waals surface area contributed by atoms with Gasteiger partial charge in [-0.25, -0.2) is 8.42 Å². The van der Waals surface area contributed by atoms with E-state index >= 15 is 0 Å². The van der Waals surface area contributed by atoms with Crippen LogP contribution in [0.1, 0.15) is 5.56 Å². The predicted octanol–water partition coefficient (Wildman–Crippen LogP) is 1.93. The van der Waals surface area contributed by atoms with E-state index in [0.29, 0.717) is 11.3 Å². The highest BCUT2D eigenvalue weighted by Gasteiger charge is 2.27. The quantitative estimate of drug-likeness (QED) is 0.666. The van der Waals surface area contributed by atoms with Gasteiger partial charge >= 0.3 is 6.18 Å². The zero-order valence-corrected chi connectivity index (χ0v) is 11.0. The molecule has 0 spiro atoms. The van der Waals surface area contributed by atoms with Gasteiger partial charge in [0.1, 0.15) is 6.61 Å². The van der Waals surface area contributed by atoms with Crippen LogP contribution in [-0.4, -0.2) is 33.6 Å². The molecule has 0 aliphatic heterocycles. The summed E-state index contributed by atoms with van der Waals surface area (Å²) in [5.41, 5.74) is 6.60. The first-order valence-electron chi connectivity index (χ1n) is 5.35. The highest BCUT2D eigenvalue weighted by Crippen LogP contribution is 2.18. The molecule has 0 saturated carbocycles. The van der Waals surface area contributed by atoms with Crippen LogP contribution in [0.3, 0.4) is 0 Å². The fraction of sp³-hybridized carbons (Fsp3) is 0.455. The monoisotopic (exact) mass is 297 g/mol. The number of anilines is 1. The number of rotatable bonds is 5. The van der Waals surface area contributed by atoms with E-state index in [2.05, 4.69) is 4.74 Å². The minimum absolute atomic E-state index is 0.0230. The molecule has 0 saturated heterocycles. The Labute approximate surface area is 109 Å². The third kappa shape index (κ3) is 5.07. The van der Waals surface area contributed by atoms with Crippen molar-refractivity contribution >= 4 is 15.5 Å². The Hall–Kier alpha value is -1.28. The minimum Gasteiger partial charge on any atom is -0.399 e. The van der Waals surface area contributed by atoms with Crippen molar-refractivity contribution in [2.24, 2.45) is 0 Å². The van der Waals surface area contributed by atoms with Crippen molar-refractivity contribution in [2.45, 2.75) is 18.0 Å². The molecule has 1 aromatic carbocycles. The number of nitrogens with two attached hydrogens (primary N) is 1. The summed E-state index contributed by atoms with van der Waals surface area (Å²) >= 11 is 0.